The summed E-state index contributed by atoms with van der Waals surface area (Å²) in [6.45, 7) is 2.41. The Morgan fingerprint density at radius 1 is 1.44 bits per heavy atom. The topological polar surface area (TPSA) is 15.3 Å². The van der Waals surface area contributed by atoms with E-state index in [9.17, 15) is 0 Å². The number of rotatable bonds is 1. The van der Waals surface area contributed by atoms with E-state index in [0.29, 0.717) is 6.04 Å². The van der Waals surface area contributed by atoms with Crippen LogP contribution in [0.25, 0.3) is 0 Å². The molecule has 2 aliphatic heterocycles. The molecule has 0 spiro atoms. The highest BCUT2D eigenvalue weighted by Gasteiger charge is 2.40. The minimum Gasteiger partial charge on any atom is -0.311 e. The lowest BCUT2D eigenvalue weighted by Gasteiger charge is -2.31. The van der Waals surface area contributed by atoms with Crippen molar-refractivity contribution in [3.63, 3.8) is 0 Å². The first-order valence-corrected chi connectivity index (χ1v) is 5.53. The summed E-state index contributed by atoms with van der Waals surface area (Å²) in [4.78, 5) is 2.64. The molecule has 2 bridgehead atoms. The quantitative estimate of drug-likeness (QED) is 0.721. The van der Waals surface area contributed by atoms with E-state index in [2.05, 4.69) is 22.2 Å². The van der Waals surface area contributed by atoms with Gasteiger partial charge in [-0.05, 0) is 24.8 Å². The Balaban J connectivity index is 0.000000640. The Hall–Kier alpha value is -0.200. The summed E-state index contributed by atoms with van der Waals surface area (Å²) in [6.07, 6.45) is 11.4. The fourth-order valence-electron chi connectivity index (χ4n) is 3.08. The molecule has 90 valence electrons. The molecular weight excluding hydrogens is 243 g/mol. The van der Waals surface area contributed by atoms with Crippen LogP contribution >= 0.6 is 24.8 Å². The molecule has 0 amide bonds. The van der Waals surface area contributed by atoms with Gasteiger partial charge >= 0.3 is 0 Å². The summed E-state index contributed by atoms with van der Waals surface area (Å²) in [7, 11) is 0. The lowest BCUT2D eigenvalue weighted by Crippen LogP contribution is -2.47. The molecule has 3 atom stereocenters. The van der Waals surface area contributed by atoms with Crippen molar-refractivity contribution in [2.45, 2.75) is 37.4 Å². The second kappa shape index (κ2) is 5.42. The van der Waals surface area contributed by atoms with Gasteiger partial charge in [0.2, 0.25) is 0 Å². The van der Waals surface area contributed by atoms with E-state index in [-0.39, 0.29) is 24.8 Å². The van der Waals surface area contributed by atoms with Crippen molar-refractivity contribution in [2.75, 3.05) is 13.1 Å². The molecule has 3 aliphatic rings. The molecule has 3 rings (SSSR count). The molecule has 1 N–H and O–H groups in total. The SMILES string of the molecule is C#CC1=CC(N2C[C@@H]3C[C@H]2CN3)CC1.Cl.Cl. The third-order valence-corrected chi connectivity index (χ3v) is 3.81. The highest BCUT2D eigenvalue weighted by Crippen LogP contribution is 2.31. The highest BCUT2D eigenvalue weighted by atomic mass is 35.5. The van der Waals surface area contributed by atoms with Gasteiger partial charge in [-0.3, -0.25) is 4.90 Å². The van der Waals surface area contributed by atoms with E-state index in [4.69, 9.17) is 6.42 Å². The van der Waals surface area contributed by atoms with Crippen LogP contribution in [-0.4, -0.2) is 36.1 Å². The molecule has 0 aromatic rings. The molecule has 1 aliphatic carbocycles. The lowest BCUT2D eigenvalue weighted by atomic mass is 10.2. The number of hydrogen-bond acceptors (Lipinski definition) is 2. The average molecular weight is 261 g/mol. The van der Waals surface area contributed by atoms with Crippen LogP contribution in [0.3, 0.4) is 0 Å². The van der Waals surface area contributed by atoms with Gasteiger partial charge < -0.3 is 5.32 Å². The van der Waals surface area contributed by atoms with Crippen molar-refractivity contribution in [1.82, 2.24) is 10.2 Å². The van der Waals surface area contributed by atoms with E-state index in [1.807, 2.05) is 0 Å². The maximum atomic E-state index is 5.42. The first-order chi connectivity index (χ1) is 6.86. The van der Waals surface area contributed by atoms with Crippen molar-refractivity contribution in [1.29, 1.82) is 0 Å². The fourth-order valence-corrected chi connectivity index (χ4v) is 3.08. The predicted octanol–water partition coefficient (Wildman–Crippen LogP) is 1.60. The Labute approximate surface area is 110 Å². The monoisotopic (exact) mass is 260 g/mol. The van der Waals surface area contributed by atoms with Crippen LogP contribution in [0, 0.1) is 12.3 Å². The molecule has 1 unspecified atom stereocenters. The van der Waals surface area contributed by atoms with Crippen molar-refractivity contribution < 1.29 is 0 Å². The molecule has 4 heteroatoms. The number of fused-ring (bicyclic) bond motifs is 2. The van der Waals surface area contributed by atoms with Gasteiger partial charge in [-0.2, -0.15) is 0 Å². The molecule has 0 saturated carbocycles. The summed E-state index contributed by atoms with van der Waals surface area (Å²) >= 11 is 0. The van der Waals surface area contributed by atoms with E-state index in [1.165, 1.54) is 31.5 Å². The van der Waals surface area contributed by atoms with Gasteiger partial charge in [0.05, 0.1) is 0 Å². The van der Waals surface area contributed by atoms with E-state index in [0.717, 1.165) is 18.5 Å². The number of nitrogens with zero attached hydrogens (tertiary/aromatic N) is 1. The maximum Gasteiger partial charge on any atom is 0.0297 e. The summed E-state index contributed by atoms with van der Waals surface area (Å²) in [5.74, 6) is 2.78. The number of halogens is 2. The van der Waals surface area contributed by atoms with Gasteiger partial charge in [0, 0.05) is 31.2 Å². The third kappa shape index (κ3) is 2.24. The van der Waals surface area contributed by atoms with Crippen LogP contribution in [0.15, 0.2) is 11.6 Å². The van der Waals surface area contributed by atoms with Gasteiger partial charge in [-0.25, -0.2) is 0 Å². The summed E-state index contributed by atoms with van der Waals surface area (Å²) in [6, 6.07) is 2.17. The third-order valence-electron chi connectivity index (χ3n) is 3.81. The summed E-state index contributed by atoms with van der Waals surface area (Å²) < 4.78 is 0. The normalized spacial score (nSPS) is 36.2. The largest absolute Gasteiger partial charge is 0.311 e. The standard InChI is InChI=1S/C12H16N2.2ClH/c1-2-9-3-4-11(5-9)14-8-10-6-12(14)7-13-10;;/h1,5,10-13H,3-4,6-8H2;2*1H/t10-,11?,12-;;/m0../s1. The molecule has 2 heterocycles. The molecule has 2 saturated heterocycles. The molecule has 2 nitrogen and oxygen atoms in total. The Kier molecular flexibility index (Phi) is 4.70. The van der Waals surface area contributed by atoms with E-state index in [1.54, 1.807) is 0 Å². The van der Waals surface area contributed by atoms with Crippen LogP contribution in [0.1, 0.15) is 19.3 Å². The number of likely N-dealkylation sites (tertiary alicyclic amines) is 1. The predicted molar refractivity (Wildman–Crippen MR) is 71.3 cm³/mol. The smallest absolute Gasteiger partial charge is 0.0297 e. The maximum absolute atomic E-state index is 5.42. The van der Waals surface area contributed by atoms with Gasteiger partial charge in [0.25, 0.3) is 0 Å². The number of nitrogens with one attached hydrogen (secondary N) is 1. The zero-order chi connectivity index (χ0) is 9.54. The van der Waals surface area contributed by atoms with Crippen LogP contribution in [0.4, 0.5) is 0 Å². The van der Waals surface area contributed by atoms with Crippen molar-refractivity contribution in [3.8, 4) is 12.3 Å². The van der Waals surface area contributed by atoms with E-state index >= 15 is 0 Å². The molecule has 0 aromatic heterocycles. The molecular formula is C12H18Cl2N2. The van der Waals surface area contributed by atoms with Crippen LogP contribution in [0.2, 0.25) is 0 Å². The zero-order valence-electron chi connectivity index (χ0n) is 9.19. The minimum absolute atomic E-state index is 0. The zero-order valence-corrected chi connectivity index (χ0v) is 10.8. The van der Waals surface area contributed by atoms with Crippen molar-refractivity contribution in [3.05, 3.63) is 11.6 Å². The number of hydrogen-bond donors (Lipinski definition) is 1. The first-order valence-electron chi connectivity index (χ1n) is 5.53. The average Bonchev–Trinajstić information content (AvgIpc) is 2.93. The Morgan fingerprint density at radius 2 is 2.25 bits per heavy atom. The van der Waals surface area contributed by atoms with Crippen LogP contribution < -0.4 is 5.32 Å². The van der Waals surface area contributed by atoms with Gasteiger partial charge in [-0.1, -0.05) is 12.0 Å². The second-order valence-corrected chi connectivity index (χ2v) is 4.63. The number of piperazine rings is 1. The molecule has 0 radical (unpaired) electrons. The Bertz CT molecular complexity index is 321. The van der Waals surface area contributed by atoms with E-state index < -0.39 is 0 Å². The molecule has 2 fully saturated rings. The van der Waals surface area contributed by atoms with Gasteiger partial charge in [-0.15, -0.1) is 31.2 Å². The highest BCUT2D eigenvalue weighted by molar-refractivity contribution is 5.85. The van der Waals surface area contributed by atoms with Crippen molar-refractivity contribution in [2.24, 2.45) is 0 Å². The summed E-state index contributed by atoms with van der Waals surface area (Å²) in [5.41, 5.74) is 1.21. The van der Waals surface area contributed by atoms with Crippen LogP contribution in [-0.2, 0) is 0 Å². The van der Waals surface area contributed by atoms with Gasteiger partial charge in [0.1, 0.15) is 0 Å². The van der Waals surface area contributed by atoms with Gasteiger partial charge in [0.15, 0.2) is 0 Å². The molecule has 0 aromatic carbocycles. The number of terminal acetylenes is 1. The number of allylic oxidation sites excluding steroid dienone is 1. The lowest BCUT2D eigenvalue weighted by molar-refractivity contribution is 0.186. The Morgan fingerprint density at radius 3 is 2.75 bits per heavy atom. The van der Waals surface area contributed by atoms with Crippen LogP contribution in [0.5, 0.6) is 0 Å². The molecule has 16 heavy (non-hydrogen) atoms. The fraction of sp³-hybridized carbons (Fsp3) is 0.667. The summed E-state index contributed by atoms with van der Waals surface area (Å²) in [5, 5.41) is 3.53. The second-order valence-electron chi connectivity index (χ2n) is 4.63. The minimum atomic E-state index is 0. The van der Waals surface area contributed by atoms with Crippen molar-refractivity contribution >= 4 is 24.8 Å². The first kappa shape index (κ1) is 13.9.